The molecule has 0 aliphatic rings. The summed E-state index contributed by atoms with van der Waals surface area (Å²) in [6.45, 7) is 7.50. The third-order valence-electron chi connectivity index (χ3n) is 3.72. The zero-order chi connectivity index (χ0) is 14.4. The molecule has 1 rings (SSSR count). The third kappa shape index (κ3) is 4.83. The first-order valence-corrected chi connectivity index (χ1v) is 8.28. The van der Waals surface area contributed by atoms with E-state index in [1.807, 2.05) is 0 Å². The van der Waals surface area contributed by atoms with Crippen LogP contribution in [0.1, 0.15) is 38.8 Å². The Bertz CT molecular complexity index is 362. The molecule has 0 spiro atoms. The number of rotatable bonds is 7. The Kier molecular flexibility index (Phi) is 6.90. The first-order valence-electron chi connectivity index (χ1n) is 7.05. The molecule has 19 heavy (non-hydrogen) atoms. The van der Waals surface area contributed by atoms with Gasteiger partial charge in [0.15, 0.2) is 0 Å². The van der Waals surface area contributed by atoms with E-state index >= 15 is 0 Å². The van der Waals surface area contributed by atoms with Crippen molar-refractivity contribution in [2.45, 2.75) is 44.2 Å². The fourth-order valence-corrected chi connectivity index (χ4v) is 2.93. The van der Waals surface area contributed by atoms with Gasteiger partial charge in [0.25, 0.3) is 0 Å². The van der Waals surface area contributed by atoms with Crippen LogP contribution in [0.3, 0.4) is 0 Å². The lowest BCUT2D eigenvalue weighted by molar-refractivity contribution is 0.168. The van der Waals surface area contributed by atoms with Crippen molar-refractivity contribution >= 4 is 11.8 Å². The molecular formula is C16H28N2S. The normalized spacial score (nSPS) is 14.9. The third-order valence-corrected chi connectivity index (χ3v) is 4.47. The zero-order valence-corrected chi connectivity index (χ0v) is 13.7. The molecule has 0 radical (unpaired) electrons. The summed E-state index contributed by atoms with van der Waals surface area (Å²) < 4.78 is 0. The molecule has 2 nitrogen and oxygen atoms in total. The van der Waals surface area contributed by atoms with E-state index in [2.05, 4.69) is 63.2 Å². The fourth-order valence-electron chi connectivity index (χ4n) is 2.52. The number of hydrogen-bond acceptors (Lipinski definition) is 3. The number of nitrogens with two attached hydrogens (primary N) is 1. The fraction of sp³-hybridized carbons (Fsp3) is 0.625. The zero-order valence-electron chi connectivity index (χ0n) is 12.9. The molecule has 0 bridgehead atoms. The molecule has 1 aromatic rings. The highest BCUT2D eigenvalue weighted by atomic mass is 32.2. The van der Waals surface area contributed by atoms with E-state index in [9.17, 15) is 0 Å². The van der Waals surface area contributed by atoms with Crippen molar-refractivity contribution in [3.63, 3.8) is 0 Å². The minimum Gasteiger partial charge on any atom is -0.329 e. The lowest BCUT2D eigenvalue weighted by Gasteiger charge is -2.33. The largest absolute Gasteiger partial charge is 0.329 e. The first kappa shape index (κ1) is 16.5. The highest BCUT2D eigenvalue weighted by molar-refractivity contribution is 7.98. The molecule has 0 fully saturated rings. The Labute approximate surface area is 122 Å². The number of thioether (sulfide) groups is 1. The second-order valence-electron chi connectivity index (χ2n) is 5.67. The molecule has 0 aliphatic carbocycles. The average molecular weight is 280 g/mol. The molecule has 0 saturated heterocycles. The molecule has 108 valence electrons. The number of hydrogen-bond donors (Lipinski definition) is 1. The summed E-state index contributed by atoms with van der Waals surface area (Å²) in [6, 6.07) is 9.65. The number of benzene rings is 1. The van der Waals surface area contributed by atoms with E-state index < -0.39 is 0 Å². The predicted octanol–water partition coefficient (Wildman–Crippen LogP) is 3.77. The van der Waals surface area contributed by atoms with E-state index in [4.69, 9.17) is 5.73 Å². The van der Waals surface area contributed by atoms with Crippen LogP contribution in [0.15, 0.2) is 29.2 Å². The first-order chi connectivity index (χ1) is 8.99. The Morgan fingerprint density at radius 3 is 2.16 bits per heavy atom. The van der Waals surface area contributed by atoms with Gasteiger partial charge in [-0.25, -0.2) is 0 Å². The SMILES string of the molecule is CSc1ccc(C(CN)N(C)C(C)CC(C)C)cc1. The van der Waals surface area contributed by atoms with Gasteiger partial charge in [-0.2, -0.15) is 0 Å². The van der Waals surface area contributed by atoms with Gasteiger partial charge in [-0.1, -0.05) is 26.0 Å². The van der Waals surface area contributed by atoms with Crippen molar-refractivity contribution in [1.82, 2.24) is 4.90 Å². The average Bonchev–Trinajstić information content (AvgIpc) is 2.39. The molecule has 2 unspecified atom stereocenters. The second kappa shape index (κ2) is 7.93. The van der Waals surface area contributed by atoms with Crippen LogP contribution in [0, 0.1) is 5.92 Å². The summed E-state index contributed by atoms with van der Waals surface area (Å²) in [5.74, 6) is 0.717. The van der Waals surface area contributed by atoms with E-state index in [1.165, 1.54) is 16.9 Å². The minimum atomic E-state index is 0.310. The van der Waals surface area contributed by atoms with Gasteiger partial charge in [-0.15, -0.1) is 11.8 Å². The van der Waals surface area contributed by atoms with Crippen LogP contribution in [0.25, 0.3) is 0 Å². The van der Waals surface area contributed by atoms with Crippen LogP contribution in [-0.2, 0) is 0 Å². The molecule has 1 aromatic carbocycles. The van der Waals surface area contributed by atoms with E-state index in [0.29, 0.717) is 18.6 Å². The lowest BCUT2D eigenvalue weighted by atomic mass is 9.99. The van der Waals surface area contributed by atoms with Gasteiger partial charge in [0, 0.05) is 23.5 Å². The standard InChI is InChI=1S/C16H28N2S/c1-12(2)10-13(3)18(4)16(11-17)14-6-8-15(19-5)9-7-14/h6-9,12-13,16H,10-11,17H2,1-5H3. The van der Waals surface area contributed by atoms with Crippen molar-refractivity contribution in [2.75, 3.05) is 19.8 Å². The van der Waals surface area contributed by atoms with Crippen LogP contribution in [0.5, 0.6) is 0 Å². The van der Waals surface area contributed by atoms with Crippen molar-refractivity contribution in [3.8, 4) is 0 Å². The number of likely N-dealkylation sites (N-methyl/N-ethyl adjacent to an activating group) is 1. The predicted molar refractivity (Wildman–Crippen MR) is 86.7 cm³/mol. The van der Waals surface area contributed by atoms with E-state index in [-0.39, 0.29) is 0 Å². The quantitative estimate of drug-likeness (QED) is 0.771. The minimum absolute atomic E-state index is 0.310. The number of nitrogens with zero attached hydrogens (tertiary/aromatic N) is 1. The molecule has 2 atom stereocenters. The van der Waals surface area contributed by atoms with Gasteiger partial charge >= 0.3 is 0 Å². The van der Waals surface area contributed by atoms with Gasteiger partial charge in [-0.3, -0.25) is 4.90 Å². The summed E-state index contributed by atoms with van der Waals surface area (Å²) in [5, 5.41) is 0. The Morgan fingerprint density at radius 1 is 1.16 bits per heavy atom. The van der Waals surface area contributed by atoms with Gasteiger partial charge in [0.05, 0.1) is 0 Å². The molecular weight excluding hydrogens is 252 g/mol. The maximum Gasteiger partial charge on any atom is 0.0470 e. The maximum atomic E-state index is 6.00. The topological polar surface area (TPSA) is 29.3 Å². The Hall–Kier alpha value is -0.510. The molecule has 2 N–H and O–H groups in total. The highest BCUT2D eigenvalue weighted by Crippen LogP contribution is 2.25. The van der Waals surface area contributed by atoms with Crippen LogP contribution in [0.2, 0.25) is 0 Å². The van der Waals surface area contributed by atoms with Crippen molar-refractivity contribution < 1.29 is 0 Å². The Morgan fingerprint density at radius 2 is 1.74 bits per heavy atom. The van der Waals surface area contributed by atoms with Gasteiger partial charge in [0.2, 0.25) is 0 Å². The van der Waals surface area contributed by atoms with E-state index in [0.717, 1.165) is 5.92 Å². The summed E-state index contributed by atoms with van der Waals surface area (Å²) in [5.41, 5.74) is 7.32. The maximum absolute atomic E-state index is 6.00. The molecule has 0 amide bonds. The van der Waals surface area contributed by atoms with Gasteiger partial charge in [-0.05, 0) is 50.3 Å². The second-order valence-corrected chi connectivity index (χ2v) is 6.55. The lowest BCUT2D eigenvalue weighted by Crippen LogP contribution is -2.37. The van der Waals surface area contributed by atoms with Crippen LogP contribution in [-0.4, -0.2) is 30.8 Å². The monoisotopic (exact) mass is 280 g/mol. The Balaban J connectivity index is 2.80. The van der Waals surface area contributed by atoms with Crippen LogP contribution < -0.4 is 5.73 Å². The van der Waals surface area contributed by atoms with Gasteiger partial charge in [0.1, 0.15) is 0 Å². The van der Waals surface area contributed by atoms with Crippen molar-refractivity contribution in [3.05, 3.63) is 29.8 Å². The summed E-state index contributed by atoms with van der Waals surface area (Å²) in [7, 11) is 2.19. The van der Waals surface area contributed by atoms with E-state index in [1.54, 1.807) is 11.8 Å². The summed E-state index contributed by atoms with van der Waals surface area (Å²) in [6.07, 6.45) is 3.31. The van der Waals surface area contributed by atoms with Crippen LogP contribution in [0.4, 0.5) is 0 Å². The molecule has 0 aliphatic heterocycles. The smallest absolute Gasteiger partial charge is 0.0470 e. The summed E-state index contributed by atoms with van der Waals surface area (Å²) >= 11 is 1.78. The molecule has 0 aromatic heterocycles. The molecule has 0 saturated carbocycles. The van der Waals surface area contributed by atoms with Gasteiger partial charge < -0.3 is 5.73 Å². The molecule has 0 heterocycles. The molecule has 3 heteroatoms. The highest BCUT2D eigenvalue weighted by Gasteiger charge is 2.20. The summed E-state index contributed by atoms with van der Waals surface area (Å²) in [4.78, 5) is 3.71. The van der Waals surface area contributed by atoms with Crippen molar-refractivity contribution in [1.29, 1.82) is 0 Å². The van der Waals surface area contributed by atoms with Crippen LogP contribution >= 0.6 is 11.8 Å². The van der Waals surface area contributed by atoms with Crippen molar-refractivity contribution in [2.24, 2.45) is 11.7 Å².